The molecule has 0 saturated heterocycles. The smallest absolute Gasteiger partial charge is 0.0342 e. The minimum absolute atomic E-state index is 0.622. The molecule has 1 nitrogen and oxygen atoms in total. The van der Waals surface area contributed by atoms with Gasteiger partial charge in [0.25, 0.3) is 0 Å². The minimum atomic E-state index is 0.622. The molecular formula is C19H31N. The Hall–Kier alpha value is -0.980. The monoisotopic (exact) mass is 273 g/mol. The third-order valence-electron chi connectivity index (χ3n) is 4.73. The molecule has 0 spiro atoms. The summed E-state index contributed by atoms with van der Waals surface area (Å²) in [4.78, 5) is 0. The molecule has 1 N–H and O–H groups in total. The van der Waals surface area contributed by atoms with E-state index >= 15 is 0 Å². The first-order chi connectivity index (χ1) is 9.69. The van der Waals surface area contributed by atoms with Crippen LogP contribution in [-0.2, 0) is 0 Å². The summed E-state index contributed by atoms with van der Waals surface area (Å²) in [6.45, 7) is 6.82. The van der Waals surface area contributed by atoms with Crippen molar-refractivity contribution >= 4 is 5.69 Å². The topological polar surface area (TPSA) is 12.0 Å². The van der Waals surface area contributed by atoms with Gasteiger partial charge in [0.1, 0.15) is 0 Å². The van der Waals surface area contributed by atoms with Crippen LogP contribution in [0.2, 0.25) is 0 Å². The van der Waals surface area contributed by atoms with Crippen molar-refractivity contribution in [2.75, 3.05) is 5.32 Å². The second-order valence-electron chi connectivity index (χ2n) is 6.78. The molecule has 20 heavy (non-hydrogen) atoms. The lowest BCUT2D eigenvalue weighted by atomic mass is 9.95. The predicted octanol–water partition coefficient (Wildman–Crippen LogP) is 5.97. The van der Waals surface area contributed by atoms with E-state index in [0.29, 0.717) is 12.0 Å². The van der Waals surface area contributed by atoms with Gasteiger partial charge in [-0.25, -0.2) is 0 Å². The van der Waals surface area contributed by atoms with Gasteiger partial charge in [0.15, 0.2) is 0 Å². The zero-order valence-electron chi connectivity index (χ0n) is 13.5. The highest BCUT2D eigenvalue weighted by Crippen LogP contribution is 2.28. The maximum absolute atomic E-state index is 3.75. The van der Waals surface area contributed by atoms with E-state index in [0.717, 1.165) is 5.92 Å². The van der Waals surface area contributed by atoms with Crippen LogP contribution in [0.5, 0.6) is 0 Å². The number of rotatable bonds is 5. The van der Waals surface area contributed by atoms with Gasteiger partial charge in [0, 0.05) is 11.7 Å². The van der Waals surface area contributed by atoms with Crippen molar-refractivity contribution in [3.63, 3.8) is 0 Å². The number of hydrogen-bond donors (Lipinski definition) is 1. The summed E-state index contributed by atoms with van der Waals surface area (Å²) in [5, 5.41) is 3.75. The fraction of sp³-hybridized carbons (Fsp3) is 0.684. The predicted molar refractivity (Wildman–Crippen MR) is 89.4 cm³/mol. The van der Waals surface area contributed by atoms with Crippen LogP contribution in [0.25, 0.3) is 0 Å². The van der Waals surface area contributed by atoms with Gasteiger partial charge in [0.05, 0.1) is 0 Å². The van der Waals surface area contributed by atoms with Gasteiger partial charge in [-0.05, 0) is 48.8 Å². The SMILES string of the molecule is CCCC1CCCC(Nc2ccc(C(C)C)cc2)CC1. The van der Waals surface area contributed by atoms with Crippen LogP contribution in [-0.4, -0.2) is 6.04 Å². The Morgan fingerprint density at radius 2 is 1.80 bits per heavy atom. The Morgan fingerprint density at radius 1 is 1.05 bits per heavy atom. The van der Waals surface area contributed by atoms with Gasteiger partial charge >= 0.3 is 0 Å². The van der Waals surface area contributed by atoms with Gasteiger partial charge in [-0.3, -0.25) is 0 Å². The molecule has 1 aliphatic carbocycles. The molecule has 0 aromatic heterocycles. The molecule has 0 radical (unpaired) electrons. The molecular weight excluding hydrogens is 242 g/mol. The Kier molecular flexibility index (Phi) is 5.94. The molecule has 1 saturated carbocycles. The van der Waals surface area contributed by atoms with Crippen molar-refractivity contribution in [1.82, 2.24) is 0 Å². The molecule has 2 unspecified atom stereocenters. The first-order valence-electron chi connectivity index (χ1n) is 8.55. The summed E-state index contributed by atoms with van der Waals surface area (Å²) in [6.07, 6.45) is 9.71. The second kappa shape index (κ2) is 7.71. The van der Waals surface area contributed by atoms with Crippen LogP contribution in [0.3, 0.4) is 0 Å². The molecule has 0 heterocycles. The van der Waals surface area contributed by atoms with Crippen LogP contribution in [0, 0.1) is 5.92 Å². The average molecular weight is 273 g/mol. The molecule has 0 bridgehead atoms. The molecule has 1 fully saturated rings. The van der Waals surface area contributed by atoms with Crippen molar-refractivity contribution in [3.8, 4) is 0 Å². The molecule has 0 amide bonds. The van der Waals surface area contributed by atoms with Crippen LogP contribution in [0.1, 0.15) is 77.2 Å². The lowest BCUT2D eigenvalue weighted by Crippen LogP contribution is -2.18. The van der Waals surface area contributed by atoms with Crippen LogP contribution >= 0.6 is 0 Å². The molecule has 1 aromatic carbocycles. The van der Waals surface area contributed by atoms with Crippen molar-refractivity contribution < 1.29 is 0 Å². The van der Waals surface area contributed by atoms with E-state index in [1.165, 1.54) is 56.2 Å². The third-order valence-corrected chi connectivity index (χ3v) is 4.73. The number of anilines is 1. The quantitative estimate of drug-likeness (QED) is 0.652. The summed E-state index contributed by atoms with van der Waals surface area (Å²) in [7, 11) is 0. The van der Waals surface area contributed by atoms with E-state index in [1.54, 1.807) is 0 Å². The lowest BCUT2D eigenvalue weighted by Gasteiger charge is -2.18. The van der Waals surface area contributed by atoms with Crippen LogP contribution < -0.4 is 5.32 Å². The van der Waals surface area contributed by atoms with Crippen molar-refractivity contribution in [1.29, 1.82) is 0 Å². The molecule has 1 aromatic rings. The van der Waals surface area contributed by atoms with Gasteiger partial charge in [0.2, 0.25) is 0 Å². The normalized spacial score (nSPS) is 23.6. The van der Waals surface area contributed by atoms with E-state index in [-0.39, 0.29) is 0 Å². The van der Waals surface area contributed by atoms with Crippen molar-refractivity contribution in [2.45, 2.75) is 77.7 Å². The highest BCUT2D eigenvalue weighted by atomic mass is 14.9. The second-order valence-corrected chi connectivity index (χ2v) is 6.78. The molecule has 2 atom stereocenters. The van der Waals surface area contributed by atoms with E-state index in [9.17, 15) is 0 Å². The summed E-state index contributed by atoms with van der Waals surface area (Å²) in [5.74, 6) is 1.60. The Balaban J connectivity index is 1.86. The number of benzene rings is 1. The molecule has 112 valence electrons. The molecule has 1 heteroatoms. The lowest BCUT2D eigenvalue weighted by molar-refractivity contribution is 0.422. The summed E-state index contributed by atoms with van der Waals surface area (Å²) in [6, 6.07) is 9.72. The maximum Gasteiger partial charge on any atom is 0.0342 e. The Labute approximate surface area is 125 Å². The summed E-state index contributed by atoms with van der Waals surface area (Å²) >= 11 is 0. The van der Waals surface area contributed by atoms with Crippen LogP contribution in [0.4, 0.5) is 5.69 Å². The fourth-order valence-electron chi connectivity index (χ4n) is 3.42. The molecule has 2 rings (SSSR count). The molecule has 0 aliphatic heterocycles. The van der Waals surface area contributed by atoms with E-state index < -0.39 is 0 Å². The highest BCUT2D eigenvalue weighted by Gasteiger charge is 2.18. The zero-order valence-corrected chi connectivity index (χ0v) is 13.5. The first kappa shape index (κ1) is 15.4. The van der Waals surface area contributed by atoms with Crippen molar-refractivity contribution in [2.24, 2.45) is 5.92 Å². The van der Waals surface area contributed by atoms with Crippen LogP contribution in [0.15, 0.2) is 24.3 Å². The fourth-order valence-corrected chi connectivity index (χ4v) is 3.42. The summed E-state index contributed by atoms with van der Waals surface area (Å²) in [5.41, 5.74) is 2.73. The standard InChI is InChI=1S/C19H31N/c1-4-6-16-7-5-8-18(12-9-16)20-19-13-10-17(11-14-19)15(2)3/h10-11,13-16,18,20H,4-9,12H2,1-3H3. The van der Waals surface area contributed by atoms with Gasteiger partial charge in [-0.1, -0.05) is 58.6 Å². The van der Waals surface area contributed by atoms with E-state index in [1.807, 2.05) is 0 Å². The first-order valence-corrected chi connectivity index (χ1v) is 8.55. The average Bonchev–Trinajstić information content (AvgIpc) is 2.66. The zero-order chi connectivity index (χ0) is 14.4. The van der Waals surface area contributed by atoms with Gasteiger partial charge in [-0.15, -0.1) is 0 Å². The Morgan fingerprint density at radius 3 is 2.45 bits per heavy atom. The van der Waals surface area contributed by atoms with Crippen molar-refractivity contribution in [3.05, 3.63) is 29.8 Å². The molecule has 1 aliphatic rings. The van der Waals surface area contributed by atoms with Gasteiger partial charge in [-0.2, -0.15) is 0 Å². The minimum Gasteiger partial charge on any atom is -0.382 e. The third kappa shape index (κ3) is 4.54. The number of nitrogens with one attached hydrogen (secondary N) is 1. The summed E-state index contributed by atoms with van der Waals surface area (Å²) < 4.78 is 0. The Bertz CT molecular complexity index is 379. The largest absolute Gasteiger partial charge is 0.382 e. The van der Waals surface area contributed by atoms with E-state index in [2.05, 4.69) is 50.4 Å². The van der Waals surface area contributed by atoms with Gasteiger partial charge < -0.3 is 5.32 Å². The van der Waals surface area contributed by atoms with E-state index in [4.69, 9.17) is 0 Å². The maximum atomic E-state index is 3.75. The highest BCUT2D eigenvalue weighted by molar-refractivity contribution is 5.45. The number of hydrogen-bond acceptors (Lipinski definition) is 1.